The van der Waals surface area contributed by atoms with Crippen LogP contribution in [0.5, 0.6) is 0 Å². The summed E-state index contributed by atoms with van der Waals surface area (Å²) in [6.07, 6.45) is -3.45. The molecule has 0 saturated carbocycles. The van der Waals surface area contributed by atoms with Crippen molar-refractivity contribution in [1.82, 2.24) is 10.6 Å². The summed E-state index contributed by atoms with van der Waals surface area (Å²) in [5, 5.41) is 34.5. The first-order chi connectivity index (χ1) is 14.6. The maximum absolute atomic E-state index is 13.3. The standard InChI is InChI=1S/C19H26FN5O6/c1-9(27)24-15-12(25-19(21)22)6-14(31-17(15)16(29)13(28)8-26)18(30)23-7-10-3-2-4-11(20)5-10/h2-6,12-13,15-17,26,28-29H,7-8H2,1H3,(H,23,30)(H,24,27)(H4,21,22,25)/t12-,13+,15+,16+,17+/m0/s1. The number of hydrogen-bond donors (Lipinski definition) is 7. The van der Waals surface area contributed by atoms with E-state index in [0.29, 0.717) is 5.56 Å². The molecule has 1 heterocycles. The number of nitrogens with one attached hydrogen (secondary N) is 2. The third-order valence-electron chi connectivity index (χ3n) is 4.46. The lowest BCUT2D eigenvalue weighted by molar-refractivity contribution is -0.134. The normalized spacial score (nSPS) is 22.4. The van der Waals surface area contributed by atoms with Crippen LogP contribution in [0.25, 0.3) is 0 Å². The van der Waals surface area contributed by atoms with E-state index in [9.17, 15) is 29.3 Å². The monoisotopic (exact) mass is 439 g/mol. The molecule has 11 nitrogen and oxygen atoms in total. The quantitative estimate of drug-likeness (QED) is 0.172. The first-order valence-corrected chi connectivity index (χ1v) is 9.36. The van der Waals surface area contributed by atoms with Crippen LogP contribution < -0.4 is 22.1 Å². The zero-order chi connectivity index (χ0) is 23.1. The number of rotatable bonds is 8. The smallest absolute Gasteiger partial charge is 0.286 e. The summed E-state index contributed by atoms with van der Waals surface area (Å²) in [5.41, 5.74) is 11.4. The molecule has 0 fully saturated rings. The van der Waals surface area contributed by atoms with Crippen molar-refractivity contribution in [1.29, 1.82) is 0 Å². The van der Waals surface area contributed by atoms with Gasteiger partial charge in [0.15, 0.2) is 11.7 Å². The van der Waals surface area contributed by atoms with Gasteiger partial charge in [0.1, 0.15) is 24.1 Å². The van der Waals surface area contributed by atoms with Crippen molar-refractivity contribution < 1.29 is 34.0 Å². The van der Waals surface area contributed by atoms with Crippen molar-refractivity contribution >= 4 is 17.8 Å². The number of nitrogens with two attached hydrogens (primary N) is 2. The summed E-state index contributed by atoms with van der Waals surface area (Å²) in [6.45, 7) is 0.390. The number of halogens is 1. The van der Waals surface area contributed by atoms with Gasteiger partial charge in [-0.3, -0.25) is 9.59 Å². The molecule has 1 aliphatic rings. The molecule has 0 saturated heterocycles. The molecule has 5 atom stereocenters. The molecule has 170 valence electrons. The van der Waals surface area contributed by atoms with Gasteiger partial charge in [-0.05, 0) is 23.8 Å². The van der Waals surface area contributed by atoms with Crippen LogP contribution in [-0.4, -0.2) is 70.1 Å². The number of ether oxygens (including phenoxy) is 1. The number of guanidine groups is 1. The molecular weight excluding hydrogens is 413 g/mol. The molecule has 2 amide bonds. The highest BCUT2D eigenvalue weighted by atomic mass is 19.1. The molecule has 0 spiro atoms. The van der Waals surface area contributed by atoms with Gasteiger partial charge < -0.3 is 42.2 Å². The number of carbonyl (C=O) groups is 2. The van der Waals surface area contributed by atoms with E-state index < -0.39 is 54.6 Å². The number of hydrogen-bond acceptors (Lipinski definition) is 7. The number of aliphatic hydroxyl groups is 3. The van der Waals surface area contributed by atoms with Gasteiger partial charge in [-0.1, -0.05) is 12.1 Å². The molecule has 0 unspecified atom stereocenters. The molecule has 1 aromatic rings. The molecular formula is C19H26FN5O6. The average Bonchev–Trinajstić information content (AvgIpc) is 2.71. The van der Waals surface area contributed by atoms with E-state index in [1.165, 1.54) is 31.2 Å². The lowest BCUT2D eigenvalue weighted by Gasteiger charge is -2.39. The second-order valence-electron chi connectivity index (χ2n) is 6.94. The second kappa shape index (κ2) is 10.7. The Morgan fingerprint density at radius 3 is 2.61 bits per heavy atom. The minimum Gasteiger partial charge on any atom is -0.480 e. The highest BCUT2D eigenvalue weighted by molar-refractivity contribution is 5.92. The van der Waals surface area contributed by atoms with Gasteiger partial charge in [-0.25, -0.2) is 9.38 Å². The predicted octanol–water partition coefficient (Wildman–Crippen LogP) is -2.41. The molecule has 0 radical (unpaired) electrons. The third-order valence-corrected chi connectivity index (χ3v) is 4.46. The summed E-state index contributed by atoms with van der Waals surface area (Å²) >= 11 is 0. The van der Waals surface area contributed by atoms with Crippen LogP contribution in [0.2, 0.25) is 0 Å². The highest BCUT2D eigenvalue weighted by Crippen LogP contribution is 2.25. The fourth-order valence-electron chi connectivity index (χ4n) is 3.06. The molecule has 2 rings (SSSR count). The minimum atomic E-state index is -1.70. The number of nitrogens with zero attached hydrogens (tertiary/aromatic N) is 1. The van der Waals surface area contributed by atoms with Crippen LogP contribution in [0, 0.1) is 5.82 Å². The Bertz CT molecular complexity index is 860. The van der Waals surface area contributed by atoms with E-state index in [0.717, 1.165) is 0 Å². The Morgan fingerprint density at radius 2 is 2.03 bits per heavy atom. The first-order valence-electron chi connectivity index (χ1n) is 9.36. The summed E-state index contributed by atoms with van der Waals surface area (Å²) in [7, 11) is 0. The maximum Gasteiger partial charge on any atom is 0.286 e. The zero-order valence-electron chi connectivity index (χ0n) is 16.7. The van der Waals surface area contributed by atoms with Gasteiger partial charge >= 0.3 is 0 Å². The Kier molecular flexibility index (Phi) is 8.30. The Morgan fingerprint density at radius 1 is 1.32 bits per heavy atom. The van der Waals surface area contributed by atoms with Gasteiger partial charge in [-0.15, -0.1) is 0 Å². The maximum atomic E-state index is 13.3. The Balaban J connectivity index is 2.31. The fraction of sp³-hybridized carbons (Fsp3) is 0.421. The fourth-order valence-corrected chi connectivity index (χ4v) is 3.06. The molecule has 0 bridgehead atoms. The van der Waals surface area contributed by atoms with E-state index in [1.807, 2.05) is 0 Å². The van der Waals surface area contributed by atoms with Crippen LogP contribution in [0.1, 0.15) is 12.5 Å². The number of aliphatic hydroxyl groups excluding tert-OH is 3. The number of amides is 2. The molecule has 1 aliphatic heterocycles. The Hall–Kier alpha value is -3.22. The predicted molar refractivity (Wildman–Crippen MR) is 108 cm³/mol. The van der Waals surface area contributed by atoms with Crippen LogP contribution in [-0.2, 0) is 20.9 Å². The number of benzene rings is 1. The van der Waals surface area contributed by atoms with E-state index >= 15 is 0 Å². The van der Waals surface area contributed by atoms with Crippen molar-refractivity contribution in [3.63, 3.8) is 0 Å². The van der Waals surface area contributed by atoms with Gasteiger partial charge in [0.2, 0.25) is 5.91 Å². The van der Waals surface area contributed by atoms with E-state index in [-0.39, 0.29) is 18.3 Å². The SMILES string of the molecule is CC(=O)N[C@H]1[C@H]([C@H](O)[C@H](O)CO)OC(C(=O)NCc2cccc(F)c2)=C[C@@H]1N=C(N)N. The van der Waals surface area contributed by atoms with E-state index in [4.69, 9.17) is 16.2 Å². The molecule has 31 heavy (non-hydrogen) atoms. The molecule has 0 aromatic heterocycles. The van der Waals surface area contributed by atoms with Gasteiger partial charge in [0.05, 0.1) is 18.7 Å². The van der Waals surface area contributed by atoms with Crippen molar-refractivity contribution in [2.45, 2.75) is 43.9 Å². The highest BCUT2D eigenvalue weighted by Gasteiger charge is 2.43. The van der Waals surface area contributed by atoms with Crippen molar-refractivity contribution in [2.24, 2.45) is 16.5 Å². The van der Waals surface area contributed by atoms with Crippen molar-refractivity contribution in [2.75, 3.05) is 6.61 Å². The third kappa shape index (κ3) is 6.64. The lowest BCUT2D eigenvalue weighted by atomic mass is 9.92. The molecule has 12 heteroatoms. The lowest BCUT2D eigenvalue weighted by Crippen LogP contribution is -2.60. The topological polar surface area (TPSA) is 193 Å². The number of carbonyl (C=O) groups excluding carboxylic acids is 2. The van der Waals surface area contributed by atoms with Crippen LogP contribution >= 0.6 is 0 Å². The minimum absolute atomic E-state index is 0.0220. The van der Waals surface area contributed by atoms with Crippen LogP contribution in [0.15, 0.2) is 41.1 Å². The van der Waals surface area contributed by atoms with Gasteiger partial charge in [0.25, 0.3) is 5.91 Å². The summed E-state index contributed by atoms with van der Waals surface area (Å²) in [6, 6.07) is 3.52. The number of aliphatic imine (C=N–C) groups is 1. The van der Waals surface area contributed by atoms with Crippen LogP contribution in [0.4, 0.5) is 4.39 Å². The van der Waals surface area contributed by atoms with Gasteiger partial charge in [0, 0.05) is 13.5 Å². The van der Waals surface area contributed by atoms with Gasteiger partial charge in [-0.2, -0.15) is 0 Å². The summed E-state index contributed by atoms with van der Waals surface area (Å²) in [5.74, 6) is -2.34. The first kappa shape index (κ1) is 24.1. The van der Waals surface area contributed by atoms with Crippen LogP contribution in [0.3, 0.4) is 0 Å². The van der Waals surface area contributed by atoms with Crippen molar-refractivity contribution in [3.8, 4) is 0 Å². The molecule has 0 aliphatic carbocycles. The van der Waals surface area contributed by atoms with E-state index in [1.54, 1.807) is 6.07 Å². The zero-order valence-corrected chi connectivity index (χ0v) is 16.7. The summed E-state index contributed by atoms with van der Waals surface area (Å²) in [4.78, 5) is 28.3. The average molecular weight is 439 g/mol. The molecule has 1 aromatic carbocycles. The summed E-state index contributed by atoms with van der Waals surface area (Å²) < 4.78 is 18.9. The Labute approximate surface area is 177 Å². The largest absolute Gasteiger partial charge is 0.480 e. The van der Waals surface area contributed by atoms with E-state index in [2.05, 4.69) is 15.6 Å². The molecule has 9 N–H and O–H groups in total. The van der Waals surface area contributed by atoms with Crippen molar-refractivity contribution in [3.05, 3.63) is 47.5 Å². The second-order valence-corrected chi connectivity index (χ2v) is 6.94.